The summed E-state index contributed by atoms with van der Waals surface area (Å²) >= 11 is 0. The van der Waals surface area contributed by atoms with Gasteiger partial charge in [-0.1, -0.05) is 113 Å². The molecule has 0 radical (unpaired) electrons. The second-order valence-corrected chi connectivity index (χ2v) is 14.2. The number of rotatable bonds is 34. The normalized spacial score (nSPS) is 13.7. The quantitative estimate of drug-likeness (QED) is 0.0233. The summed E-state index contributed by atoms with van der Waals surface area (Å²) in [7, 11) is 5.49. The van der Waals surface area contributed by atoms with Crippen molar-refractivity contribution in [3.63, 3.8) is 0 Å². The third-order valence-corrected chi connectivity index (χ3v) is 8.43. The summed E-state index contributed by atoms with van der Waals surface area (Å²) in [5.41, 5.74) is 0. The fourth-order valence-electron chi connectivity index (χ4n) is 5.33. The van der Waals surface area contributed by atoms with E-state index in [1.54, 1.807) is 0 Å². The van der Waals surface area contributed by atoms with E-state index in [1.165, 1.54) is 32.1 Å². The summed E-state index contributed by atoms with van der Waals surface area (Å²) < 4.78 is 17.2. The molecule has 0 aromatic heterocycles. The smallest absolute Gasteiger partial charge is 0.362 e. The first-order valence-corrected chi connectivity index (χ1v) is 19.8. The maximum Gasteiger partial charge on any atom is 0.362 e. The molecule has 2 unspecified atom stereocenters. The van der Waals surface area contributed by atoms with Gasteiger partial charge in [0.25, 0.3) is 0 Å². The van der Waals surface area contributed by atoms with Crippen molar-refractivity contribution in [2.75, 3.05) is 41.0 Å². The molecule has 0 saturated carbocycles. The van der Waals surface area contributed by atoms with Gasteiger partial charge in [-0.3, -0.25) is 9.59 Å². The van der Waals surface area contributed by atoms with Crippen molar-refractivity contribution in [1.29, 1.82) is 0 Å². The highest BCUT2D eigenvalue weighted by molar-refractivity contribution is 5.72. The molecule has 2 atom stereocenters. The van der Waals surface area contributed by atoms with E-state index in [0.717, 1.165) is 70.6 Å². The molecule has 8 heteroatoms. The zero-order valence-corrected chi connectivity index (χ0v) is 33.0. The molecule has 8 nitrogen and oxygen atoms in total. The van der Waals surface area contributed by atoms with Gasteiger partial charge in [-0.15, -0.1) is 0 Å². The molecule has 0 rings (SSSR count). The number of carboxylic acid groups (broad SMARTS) is 1. The number of carboxylic acids is 1. The highest BCUT2D eigenvalue weighted by Crippen LogP contribution is 2.12. The maximum absolute atomic E-state index is 12.6. The minimum atomic E-state index is -0.886. The average molecular weight is 717 g/mol. The zero-order valence-electron chi connectivity index (χ0n) is 33.0. The number of hydrogen-bond donors (Lipinski definition) is 1. The van der Waals surface area contributed by atoms with Gasteiger partial charge in [-0.25, -0.2) is 4.79 Å². The van der Waals surface area contributed by atoms with Gasteiger partial charge in [0.2, 0.25) is 0 Å². The molecular weight excluding hydrogens is 642 g/mol. The molecular formula is C43H74NO7+. The van der Waals surface area contributed by atoms with Crippen LogP contribution in [0.1, 0.15) is 142 Å². The lowest BCUT2D eigenvalue weighted by Gasteiger charge is -2.31. The lowest BCUT2D eigenvalue weighted by molar-refractivity contribution is -0.887. The van der Waals surface area contributed by atoms with Gasteiger partial charge in [-0.05, 0) is 70.6 Å². The van der Waals surface area contributed by atoms with E-state index in [2.05, 4.69) is 74.6 Å². The molecule has 0 aliphatic rings. The standard InChI is InChI=1S/C43H73NO7/c1-6-8-10-12-14-16-18-20-21-22-24-25-27-29-31-33-41(45)50-38-39(37-49-36-35-40(43(47)48)44(3,4)5)51-42(46)34-32-30-28-26-23-19-17-15-13-11-9-7-2/h9,11,14-18,20,23,26,39-40H,6-8,10,12-13,19,21-22,24-25,27-38H2,1-5H3/p+1/b11-9+,16-14+,17-15+,20-18+,26-23+. The van der Waals surface area contributed by atoms with Gasteiger partial charge >= 0.3 is 17.9 Å². The van der Waals surface area contributed by atoms with Crippen LogP contribution in [-0.4, -0.2) is 80.6 Å². The molecule has 0 saturated heterocycles. The lowest BCUT2D eigenvalue weighted by atomic mass is 10.1. The number of carbonyl (C=O) groups excluding carboxylic acids is 2. The Hall–Kier alpha value is -2.97. The van der Waals surface area contributed by atoms with Gasteiger partial charge in [0.05, 0.1) is 34.4 Å². The third kappa shape index (κ3) is 32.7. The van der Waals surface area contributed by atoms with E-state index >= 15 is 0 Å². The number of unbranched alkanes of at least 4 members (excludes halogenated alkanes) is 11. The second kappa shape index (κ2) is 34.1. The summed E-state index contributed by atoms with van der Waals surface area (Å²) in [6.07, 6.45) is 39.8. The summed E-state index contributed by atoms with van der Waals surface area (Å²) in [4.78, 5) is 36.8. The Bertz CT molecular complexity index is 1020. The molecule has 0 fully saturated rings. The Balaban J connectivity index is 4.48. The van der Waals surface area contributed by atoms with Gasteiger partial charge in [0.1, 0.15) is 6.61 Å². The number of allylic oxidation sites excluding steroid dienone is 10. The highest BCUT2D eigenvalue weighted by atomic mass is 16.6. The number of ether oxygens (including phenoxy) is 3. The summed E-state index contributed by atoms with van der Waals surface area (Å²) in [6, 6.07) is -0.624. The predicted molar refractivity (Wildman–Crippen MR) is 211 cm³/mol. The van der Waals surface area contributed by atoms with E-state index in [4.69, 9.17) is 14.2 Å². The van der Waals surface area contributed by atoms with Crippen LogP contribution in [0, 0.1) is 0 Å². The minimum absolute atomic E-state index is 0.0391. The molecule has 1 N–H and O–H groups in total. The van der Waals surface area contributed by atoms with Crippen molar-refractivity contribution in [3.05, 3.63) is 60.8 Å². The molecule has 0 heterocycles. The van der Waals surface area contributed by atoms with Crippen LogP contribution < -0.4 is 0 Å². The first-order valence-electron chi connectivity index (χ1n) is 19.8. The fourth-order valence-corrected chi connectivity index (χ4v) is 5.33. The van der Waals surface area contributed by atoms with Crippen LogP contribution in [0.15, 0.2) is 60.8 Å². The van der Waals surface area contributed by atoms with Crippen LogP contribution in [0.3, 0.4) is 0 Å². The van der Waals surface area contributed by atoms with E-state index in [1.807, 2.05) is 21.1 Å². The van der Waals surface area contributed by atoms with Gasteiger partial charge in [-0.2, -0.15) is 0 Å². The molecule has 51 heavy (non-hydrogen) atoms. The first kappa shape index (κ1) is 48.0. The third-order valence-electron chi connectivity index (χ3n) is 8.43. The van der Waals surface area contributed by atoms with Crippen molar-refractivity contribution < 1.29 is 38.2 Å². The molecule has 0 amide bonds. The van der Waals surface area contributed by atoms with E-state index in [9.17, 15) is 19.5 Å². The van der Waals surface area contributed by atoms with Crippen LogP contribution in [0.25, 0.3) is 0 Å². The Kier molecular flexibility index (Phi) is 32.1. The Morgan fingerprint density at radius 3 is 1.78 bits per heavy atom. The van der Waals surface area contributed by atoms with Gasteiger partial charge < -0.3 is 23.8 Å². The second-order valence-electron chi connectivity index (χ2n) is 14.2. The number of esters is 2. The van der Waals surface area contributed by atoms with Crippen molar-refractivity contribution in [2.24, 2.45) is 0 Å². The number of carbonyl (C=O) groups is 3. The largest absolute Gasteiger partial charge is 0.477 e. The van der Waals surface area contributed by atoms with Crippen LogP contribution in [0.5, 0.6) is 0 Å². The highest BCUT2D eigenvalue weighted by Gasteiger charge is 2.31. The van der Waals surface area contributed by atoms with E-state index < -0.39 is 18.1 Å². The summed E-state index contributed by atoms with van der Waals surface area (Å²) in [6.45, 7) is 4.51. The molecule has 292 valence electrons. The van der Waals surface area contributed by atoms with Crippen LogP contribution in [-0.2, 0) is 28.6 Å². The van der Waals surface area contributed by atoms with Crippen molar-refractivity contribution in [2.45, 2.75) is 154 Å². The van der Waals surface area contributed by atoms with Crippen LogP contribution >= 0.6 is 0 Å². The molecule has 0 bridgehead atoms. The Labute approximate surface area is 311 Å². The summed E-state index contributed by atoms with van der Waals surface area (Å²) in [5.74, 6) is -1.54. The first-order chi connectivity index (χ1) is 24.6. The number of hydrogen-bond acceptors (Lipinski definition) is 6. The number of aliphatic carboxylic acids is 1. The zero-order chi connectivity index (χ0) is 37.8. The lowest BCUT2D eigenvalue weighted by Crippen LogP contribution is -2.50. The van der Waals surface area contributed by atoms with Gasteiger partial charge in [0, 0.05) is 19.3 Å². The summed E-state index contributed by atoms with van der Waals surface area (Å²) in [5, 5.41) is 9.59. The molecule has 0 aliphatic carbocycles. The van der Waals surface area contributed by atoms with Crippen LogP contribution in [0.4, 0.5) is 0 Å². The predicted octanol–water partition coefficient (Wildman–Crippen LogP) is 10.2. The molecule has 0 aromatic rings. The number of nitrogens with zero attached hydrogens (tertiary/aromatic N) is 1. The maximum atomic E-state index is 12.6. The average Bonchev–Trinajstić information content (AvgIpc) is 3.08. The Morgan fingerprint density at radius 2 is 1.16 bits per heavy atom. The number of quaternary nitrogens is 1. The molecule has 0 aromatic carbocycles. The molecule has 0 aliphatic heterocycles. The van der Waals surface area contributed by atoms with Crippen molar-refractivity contribution in [1.82, 2.24) is 0 Å². The SMILES string of the molecule is CC/C=C/C/C=C/C/C=C/CCCCC(=O)OC(COCCC(C(=O)O)[N+](C)(C)C)COC(=O)CCCCCCCC/C=C/C=C/CCCCC. The van der Waals surface area contributed by atoms with Gasteiger partial charge in [0.15, 0.2) is 12.1 Å². The van der Waals surface area contributed by atoms with E-state index in [0.29, 0.717) is 19.3 Å². The van der Waals surface area contributed by atoms with Crippen molar-refractivity contribution >= 4 is 17.9 Å². The molecule has 0 spiro atoms. The monoisotopic (exact) mass is 717 g/mol. The number of likely N-dealkylation sites (N-methyl/N-ethyl adjacent to an activating group) is 1. The minimum Gasteiger partial charge on any atom is -0.477 e. The van der Waals surface area contributed by atoms with Crippen molar-refractivity contribution in [3.8, 4) is 0 Å². The van der Waals surface area contributed by atoms with E-state index in [-0.39, 0.29) is 42.7 Å². The fraction of sp³-hybridized carbons (Fsp3) is 0.698. The van der Waals surface area contributed by atoms with Crippen LogP contribution in [0.2, 0.25) is 0 Å². The Morgan fingerprint density at radius 1 is 0.627 bits per heavy atom. The topological polar surface area (TPSA) is 99.1 Å².